The van der Waals surface area contributed by atoms with E-state index in [1.807, 2.05) is 54.1 Å². The Bertz CT molecular complexity index is 855. The largest absolute Gasteiger partial charge is 0.396 e. The fraction of sp³-hybridized carbons (Fsp3) is 0.238. The molecule has 1 aromatic heterocycles. The molecular formula is C21H23N3O2. The average molecular weight is 349 g/mol. The number of carbonyl (C=O) groups excluding carboxylic acids is 1. The van der Waals surface area contributed by atoms with Crippen molar-refractivity contribution in [3.63, 3.8) is 0 Å². The SMILES string of the molecule is CCc1c(C(=O)Nc2ccc(CCO)cc2)cnn1Cc1ccccc1. The maximum Gasteiger partial charge on any atom is 0.259 e. The van der Waals surface area contributed by atoms with Gasteiger partial charge in [0.1, 0.15) is 0 Å². The summed E-state index contributed by atoms with van der Waals surface area (Å²) in [6.45, 7) is 2.79. The monoisotopic (exact) mass is 349 g/mol. The molecule has 2 aromatic carbocycles. The van der Waals surface area contributed by atoms with Gasteiger partial charge in [-0.05, 0) is 36.1 Å². The number of benzene rings is 2. The Morgan fingerprint density at radius 2 is 1.81 bits per heavy atom. The molecule has 134 valence electrons. The lowest BCUT2D eigenvalue weighted by Gasteiger charge is -2.09. The van der Waals surface area contributed by atoms with Crippen LogP contribution in [0.15, 0.2) is 60.8 Å². The number of amides is 1. The zero-order valence-corrected chi connectivity index (χ0v) is 14.9. The summed E-state index contributed by atoms with van der Waals surface area (Å²) in [5.41, 5.74) is 4.44. The van der Waals surface area contributed by atoms with Gasteiger partial charge in [-0.1, -0.05) is 49.4 Å². The van der Waals surface area contributed by atoms with E-state index in [0.29, 0.717) is 18.5 Å². The first kappa shape index (κ1) is 17.9. The van der Waals surface area contributed by atoms with Crippen LogP contribution in [-0.2, 0) is 19.4 Å². The molecule has 5 heteroatoms. The van der Waals surface area contributed by atoms with Gasteiger partial charge < -0.3 is 10.4 Å². The Balaban J connectivity index is 1.75. The summed E-state index contributed by atoms with van der Waals surface area (Å²) in [6, 6.07) is 17.6. The number of aromatic nitrogens is 2. The van der Waals surface area contributed by atoms with Crippen LogP contribution in [0.25, 0.3) is 0 Å². The van der Waals surface area contributed by atoms with Crippen molar-refractivity contribution in [2.45, 2.75) is 26.3 Å². The van der Waals surface area contributed by atoms with Gasteiger partial charge in [0, 0.05) is 12.3 Å². The van der Waals surface area contributed by atoms with Crippen molar-refractivity contribution in [1.29, 1.82) is 0 Å². The molecule has 0 spiro atoms. The number of nitrogens with zero attached hydrogens (tertiary/aromatic N) is 2. The van der Waals surface area contributed by atoms with E-state index in [4.69, 9.17) is 5.11 Å². The molecule has 0 bridgehead atoms. The first-order chi connectivity index (χ1) is 12.7. The van der Waals surface area contributed by atoms with Gasteiger partial charge in [0.2, 0.25) is 0 Å². The molecule has 0 aliphatic heterocycles. The Kier molecular flexibility index (Phi) is 5.81. The summed E-state index contributed by atoms with van der Waals surface area (Å²) in [5, 5.41) is 16.3. The van der Waals surface area contributed by atoms with Crippen molar-refractivity contribution in [2.24, 2.45) is 0 Å². The maximum absolute atomic E-state index is 12.7. The van der Waals surface area contributed by atoms with Crippen LogP contribution in [0.1, 0.15) is 34.1 Å². The zero-order chi connectivity index (χ0) is 18.4. The summed E-state index contributed by atoms with van der Waals surface area (Å²) < 4.78 is 1.88. The van der Waals surface area contributed by atoms with Crippen LogP contribution in [-0.4, -0.2) is 27.4 Å². The molecule has 1 heterocycles. The third kappa shape index (κ3) is 4.18. The van der Waals surface area contributed by atoms with Gasteiger partial charge in [-0.15, -0.1) is 0 Å². The number of rotatable bonds is 7. The highest BCUT2D eigenvalue weighted by Gasteiger charge is 2.16. The topological polar surface area (TPSA) is 67.2 Å². The van der Waals surface area contributed by atoms with Crippen LogP contribution in [0.4, 0.5) is 5.69 Å². The van der Waals surface area contributed by atoms with E-state index in [2.05, 4.69) is 22.5 Å². The molecule has 0 radical (unpaired) electrons. The Labute approximate surface area is 153 Å². The molecule has 0 unspecified atom stereocenters. The lowest BCUT2D eigenvalue weighted by atomic mass is 10.1. The highest BCUT2D eigenvalue weighted by atomic mass is 16.3. The van der Waals surface area contributed by atoms with Crippen LogP contribution >= 0.6 is 0 Å². The van der Waals surface area contributed by atoms with E-state index < -0.39 is 0 Å². The lowest BCUT2D eigenvalue weighted by Crippen LogP contribution is -2.15. The van der Waals surface area contributed by atoms with Crippen LogP contribution in [0, 0.1) is 0 Å². The van der Waals surface area contributed by atoms with Gasteiger partial charge >= 0.3 is 0 Å². The minimum absolute atomic E-state index is 0.117. The average Bonchev–Trinajstić information content (AvgIpc) is 3.07. The molecule has 0 atom stereocenters. The summed E-state index contributed by atoms with van der Waals surface area (Å²) in [4.78, 5) is 12.7. The van der Waals surface area contributed by atoms with Gasteiger partial charge in [0.25, 0.3) is 5.91 Å². The molecule has 26 heavy (non-hydrogen) atoms. The number of hydrogen-bond donors (Lipinski definition) is 2. The molecule has 0 aliphatic carbocycles. The smallest absolute Gasteiger partial charge is 0.259 e. The second-order valence-corrected chi connectivity index (χ2v) is 6.13. The molecule has 0 saturated heterocycles. The number of nitrogens with one attached hydrogen (secondary N) is 1. The number of aliphatic hydroxyl groups excluding tert-OH is 1. The van der Waals surface area contributed by atoms with Crippen LogP contribution in [0.3, 0.4) is 0 Å². The number of anilines is 1. The summed E-state index contributed by atoms with van der Waals surface area (Å²) >= 11 is 0. The predicted molar refractivity (Wildman–Crippen MR) is 102 cm³/mol. The van der Waals surface area contributed by atoms with Crippen LogP contribution in [0.2, 0.25) is 0 Å². The summed E-state index contributed by atoms with van der Waals surface area (Å²) in [7, 11) is 0. The van der Waals surface area contributed by atoms with Crippen LogP contribution in [0.5, 0.6) is 0 Å². The van der Waals surface area contributed by atoms with Crippen molar-refractivity contribution >= 4 is 11.6 Å². The van der Waals surface area contributed by atoms with Gasteiger partial charge in [0.05, 0.1) is 24.0 Å². The summed E-state index contributed by atoms with van der Waals surface area (Å²) in [6.07, 6.45) is 2.97. The molecule has 0 aliphatic rings. The third-order valence-electron chi connectivity index (χ3n) is 4.32. The number of aliphatic hydroxyl groups is 1. The highest BCUT2D eigenvalue weighted by Crippen LogP contribution is 2.16. The first-order valence-corrected chi connectivity index (χ1v) is 8.81. The fourth-order valence-electron chi connectivity index (χ4n) is 2.95. The fourth-order valence-corrected chi connectivity index (χ4v) is 2.95. The van der Waals surface area contributed by atoms with Crippen LogP contribution < -0.4 is 5.32 Å². The van der Waals surface area contributed by atoms with Gasteiger partial charge in [-0.3, -0.25) is 9.48 Å². The van der Waals surface area contributed by atoms with E-state index in [9.17, 15) is 4.79 Å². The molecule has 0 saturated carbocycles. The van der Waals surface area contributed by atoms with E-state index >= 15 is 0 Å². The molecule has 2 N–H and O–H groups in total. The Hall–Kier alpha value is -2.92. The Morgan fingerprint density at radius 1 is 1.08 bits per heavy atom. The standard InChI is InChI=1S/C21H23N3O2/c1-2-20-19(14-22-24(20)15-17-6-4-3-5-7-17)21(26)23-18-10-8-16(9-11-18)12-13-25/h3-11,14,25H,2,12-13,15H2,1H3,(H,23,26). The van der Waals surface area contributed by atoms with Gasteiger partial charge in [-0.25, -0.2) is 0 Å². The highest BCUT2D eigenvalue weighted by molar-refractivity contribution is 6.04. The molecule has 0 fully saturated rings. The second-order valence-electron chi connectivity index (χ2n) is 6.13. The summed E-state index contributed by atoms with van der Waals surface area (Å²) in [5.74, 6) is -0.156. The minimum atomic E-state index is -0.156. The lowest BCUT2D eigenvalue weighted by molar-refractivity contribution is 0.102. The zero-order valence-electron chi connectivity index (χ0n) is 14.9. The molecule has 3 rings (SSSR count). The molecule has 5 nitrogen and oxygen atoms in total. The number of carbonyl (C=O) groups is 1. The van der Waals surface area contributed by atoms with Gasteiger partial charge in [0.15, 0.2) is 0 Å². The minimum Gasteiger partial charge on any atom is -0.396 e. The van der Waals surface area contributed by atoms with E-state index in [0.717, 1.165) is 28.9 Å². The maximum atomic E-state index is 12.7. The van der Waals surface area contributed by atoms with E-state index in [-0.39, 0.29) is 12.5 Å². The first-order valence-electron chi connectivity index (χ1n) is 8.81. The van der Waals surface area contributed by atoms with E-state index in [1.54, 1.807) is 6.20 Å². The van der Waals surface area contributed by atoms with Crippen molar-refractivity contribution in [3.05, 3.63) is 83.2 Å². The Morgan fingerprint density at radius 3 is 2.46 bits per heavy atom. The van der Waals surface area contributed by atoms with Crippen molar-refractivity contribution in [2.75, 3.05) is 11.9 Å². The quantitative estimate of drug-likeness (QED) is 0.688. The molecule has 1 amide bonds. The van der Waals surface area contributed by atoms with Crippen molar-refractivity contribution in [3.8, 4) is 0 Å². The van der Waals surface area contributed by atoms with E-state index in [1.165, 1.54) is 0 Å². The van der Waals surface area contributed by atoms with Crippen molar-refractivity contribution < 1.29 is 9.90 Å². The predicted octanol–water partition coefficient (Wildman–Crippen LogP) is 3.28. The second kappa shape index (κ2) is 8.45. The molecule has 3 aromatic rings. The number of hydrogen-bond acceptors (Lipinski definition) is 3. The van der Waals surface area contributed by atoms with Crippen molar-refractivity contribution in [1.82, 2.24) is 9.78 Å². The molecular weight excluding hydrogens is 326 g/mol. The van der Waals surface area contributed by atoms with Gasteiger partial charge in [-0.2, -0.15) is 5.10 Å². The third-order valence-corrected chi connectivity index (χ3v) is 4.32. The normalized spacial score (nSPS) is 10.7.